The third-order valence-corrected chi connectivity index (χ3v) is 4.82. The Bertz CT molecular complexity index is 741. The van der Waals surface area contributed by atoms with Crippen LogP contribution in [0, 0.1) is 6.92 Å². The largest absolute Gasteiger partial charge is 0.392 e. The first-order valence-electron chi connectivity index (χ1n) is 8.50. The normalized spacial score (nSPS) is 20.7. The zero-order chi connectivity index (χ0) is 16.4. The number of hydrogen-bond donors (Lipinski definition) is 1. The van der Waals surface area contributed by atoms with Crippen molar-refractivity contribution in [2.75, 3.05) is 6.54 Å². The van der Waals surface area contributed by atoms with E-state index in [1.165, 1.54) is 0 Å². The summed E-state index contributed by atoms with van der Waals surface area (Å²) >= 11 is 0. The first-order chi connectivity index (χ1) is 11.1. The minimum absolute atomic E-state index is 0.0345. The summed E-state index contributed by atoms with van der Waals surface area (Å²) in [6.07, 6.45) is 3.76. The van der Waals surface area contributed by atoms with E-state index >= 15 is 0 Å². The van der Waals surface area contributed by atoms with Crippen molar-refractivity contribution in [2.24, 2.45) is 0 Å². The number of nitrogens with zero attached hydrogens (tertiary/aromatic N) is 3. The smallest absolute Gasteiger partial charge is 0.258 e. The van der Waals surface area contributed by atoms with E-state index in [0.717, 1.165) is 43.6 Å². The van der Waals surface area contributed by atoms with Crippen molar-refractivity contribution in [3.8, 4) is 0 Å². The number of likely N-dealkylation sites (tertiary alicyclic amines) is 1. The lowest BCUT2D eigenvalue weighted by atomic mass is 9.96. The minimum Gasteiger partial charge on any atom is -0.392 e. The number of rotatable bonds is 4. The van der Waals surface area contributed by atoms with Crippen LogP contribution in [0.4, 0.5) is 0 Å². The first kappa shape index (κ1) is 16.1. The second-order valence-electron chi connectivity index (χ2n) is 6.46. The number of aromatic nitrogens is 2. The maximum absolute atomic E-state index is 12.4. The van der Waals surface area contributed by atoms with Crippen LogP contribution in [0.15, 0.2) is 29.1 Å². The van der Waals surface area contributed by atoms with Gasteiger partial charge in [0.1, 0.15) is 5.65 Å². The van der Waals surface area contributed by atoms with Crippen molar-refractivity contribution in [2.45, 2.75) is 58.2 Å². The van der Waals surface area contributed by atoms with E-state index in [-0.39, 0.29) is 17.7 Å². The molecule has 0 amide bonds. The van der Waals surface area contributed by atoms with Crippen molar-refractivity contribution in [1.82, 2.24) is 14.3 Å². The van der Waals surface area contributed by atoms with Gasteiger partial charge in [0.2, 0.25) is 0 Å². The van der Waals surface area contributed by atoms with Gasteiger partial charge in [0.25, 0.3) is 5.56 Å². The Hall–Kier alpha value is -1.72. The van der Waals surface area contributed by atoms with Gasteiger partial charge in [-0.25, -0.2) is 4.98 Å². The van der Waals surface area contributed by atoms with Crippen LogP contribution in [-0.2, 0) is 6.54 Å². The number of aliphatic hydroxyl groups is 1. The Labute approximate surface area is 136 Å². The SMILES string of the molecule is CCC(O)C1CCCCN1Cc1cc(=O)n2c(C)cccc2n1. The summed E-state index contributed by atoms with van der Waals surface area (Å²) in [5, 5.41) is 10.3. The molecule has 0 saturated carbocycles. The van der Waals surface area contributed by atoms with Gasteiger partial charge in [-0.05, 0) is 44.9 Å². The summed E-state index contributed by atoms with van der Waals surface area (Å²) in [6, 6.07) is 7.50. The highest BCUT2D eigenvalue weighted by Crippen LogP contribution is 2.22. The summed E-state index contributed by atoms with van der Waals surface area (Å²) < 4.78 is 1.64. The third-order valence-electron chi connectivity index (χ3n) is 4.82. The molecule has 0 radical (unpaired) electrons. The van der Waals surface area contributed by atoms with E-state index < -0.39 is 0 Å². The fourth-order valence-electron chi connectivity index (χ4n) is 3.57. The van der Waals surface area contributed by atoms with E-state index in [2.05, 4.69) is 9.88 Å². The molecule has 1 aliphatic heterocycles. The maximum atomic E-state index is 12.4. The molecule has 0 aromatic carbocycles. The molecule has 2 unspecified atom stereocenters. The highest BCUT2D eigenvalue weighted by Gasteiger charge is 2.28. The fraction of sp³-hybridized carbons (Fsp3) is 0.556. The molecule has 23 heavy (non-hydrogen) atoms. The molecule has 3 rings (SSSR count). The molecule has 1 aliphatic rings. The van der Waals surface area contributed by atoms with E-state index in [1.54, 1.807) is 10.5 Å². The van der Waals surface area contributed by atoms with Crippen LogP contribution < -0.4 is 5.56 Å². The highest BCUT2D eigenvalue weighted by atomic mass is 16.3. The number of piperidine rings is 1. The van der Waals surface area contributed by atoms with Gasteiger partial charge in [-0.3, -0.25) is 14.1 Å². The molecule has 1 N–H and O–H groups in total. The monoisotopic (exact) mass is 315 g/mol. The Morgan fingerprint density at radius 3 is 3.00 bits per heavy atom. The second kappa shape index (κ2) is 6.81. The van der Waals surface area contributed by atoms with Crippen molar-refractivity contribution in [3.63, 3.8) is 0 Å². The van der Waals surface area contributed by atoms with Gasteiger partial charge in [0, 0.05) is 24.3 Å². The van der Waals surface area contributed by atoms with Crippen LogP contribution in [0.2, 0.25) is 0 Å². The van der Waals surface area contributed by atoms with Crippen LogP contribution >= 0.6 is 0 Å². The summed E-state index contributed by atoms with van der Waals surface area (Å²) in [5.41, 5.74) is 2.34. The van der Waals surface area contributed by atoms with Crippen LogP contribution in [0.1, 0.15) is 44.0 Å². The molecular formula is C18H25N3O2. The van der Waals surface area contributed by atoms with Crippen molar-refractivity contribution >= 4 is 5.65 Å². The Balaban J connectivity index is 1.90. The Kier molecular flexibility index (Phi) is 4.78. The number of hydrogen-bond acceptors (Lipinski definition) is 4. The summed E-state index contributed by atoms with van der Waals surface area (Å²) in [5.74, 6) is 0. The molecule has 124 valence electrons. The first-order valence-corrected chi connectivity index (χ1v) is 8.50. The maximum Gasteiger partial charge on any atom is 0.258 e. The molecule has 2 aromatic rings. The third kappa shape index (κ3) is 3.31. The van der Waals surface area contributed by atoms with Crippen LogP contribution in [0.25, 0.3) is 5.65 Å². The van der Waals surface area contributed by atoms with E-state index in [1.807, 2.05) is 32.0 Å². The molecule has 2 atom stereocenters. The number of fused-ring (bicyclic) bond motifs is 1. The van der Waals surface area contributed by atoms with E-state index in [4.69, 9.17) is 0 Å². The fourth-order valence-corrected chi connectivity index (χ4v) is 3.57. The summed E-state index contributed by atoms with van der Waals surface area (Å²) in [4.78, 5) is 19.3. The molecule has 0 spiro atoms. The van der Waals surface area contributed by atoms with Gasteiger partial charge in [0.15, 0.2) is 0 Å². The molecule has 1 saturated heterocycles. The predicted molar refractivity (Wildman–Crippen MR) is 90.5 cm³/mol. The number of aryl methyl sites for hydroxylation is 1. The number of aliphatic hydroxyl groups excluding tert-OH is 1. The molecule has 1 fully saturated rings. The second-order valence-corrected chi connectivity index (χ2v) is 6.46. The minimum atomic E-state index is -0.306. The molecule has 2 aromatic heterocycles. The average Bonchev–Trinajstić information content (AvgIpc) is 2.54. The molecule has 0 aliphatic carbocycles. The van der Waals surface area contributed by atoms with Gasteiger partial charge < -0.3 is 5.11 Å². The van der Waals surface area contributed by atoms with Crippen molar-refractivity contribution in [3.05, 3.63) is 46.0 Å². The summed E-state index contributed by atoms with van der Waals surface area (Å²) in [6.45, 7) is 5.51. The van der Waals surface area contributed by atoms with Crippen LogP contribution in [-0.4, -0.2) is 38.1 Å². The van der Waals surface area contributed by atoms with Gasteiger partial charge in [-0.15, -0.1) is 0 Å². The van der Waals surface area contributed by atoms with Gasteiger partial charge in [-0.2, -0.15) is 0 Å². The van der Waals surface area contributed by atoms with E-state index in [9.17, 15) is 9.90 Å². The van der Waals surface area contributed by atoms with Gasteiger partial charge in [-0.1, -0.05) is 19.4 Å². The van der Waals surface area contributed by atoms with Crippen molar-refractivity contribution in [1.29, 1.82) is 0 Å². The van der Waals surface area contributed by atoms with Crippen molar-refractivity contribution < 1.29 is 5.11 Å². The average molecular weight is 315 g/mol. The lowest BCUT2D eigenvalue weighted by Crippen LogP contribution is -2.46. The quantitative estimate of drug-likeness (QED) is 0.939. The lowest BCUT2D eigenvalue weighted by Gasteiger charge is -2.38. The zero-order valence-corrected chi connectivity index (χ0v) is 13.9. The molecule has 3 heterocycles. The van der Waals surface area contributed by atoms with Gasteiger partial charge in [0.05, 0.1) is 11.8 Å². The van der Waals surface area contributed by atoms with Crippen LogP contribution in [0.3, 0.4) is 0 Å². The predicted octanol–water partition coefficient (Wildman–Crippen LogP) is 2.13. The molecule has 0 bridgehead atoms. The Morgan fingerprint density at radius 1 is 1.39 bits per heavy atom. The molecular weight excluding hydrogens is 290 g/mol. The highest BCUT2D eigenvalue weighted by molar-refractivity contribution is 5.40. The number of pyridine rings is 1. The topological polar surface area (TPSA) is 57.8 Å². The Morgan fingerprint density at radius 2 is 2.22 bits per heavy atom. The molecule has 5 nitrogen and oxygen atoms in total. The lowest BCUT2D eigenvalue weighted by molar-refractivity contribution is 0.0189. The van der Waals surface area contributed by atoms with Gasteiger partial charge >= 0.3 is 0 Å². The summed E-state index contributed by atoms with van der Waals surface area (Å²) in [7, 11) is 0. The molecule has 5 heteroatoms. The van der Waals surface area contributed by atoms with E-state index in [0.29, 0.717) is 12.2 Å². The van der Waals surface area contributed by atoms with Crippen LogP contribution in [0.5, 0.6) is 0 Å². The zero-order valence-electron chi connectivity index (χ0n) is 13.9. The standard InChI is InChI=1S/C18H25N3O2/c1-3-16(22)15-8-4-5-10-20(15)12-14-11-18(23)21-13(2)7-6-9-17(21)19-14/h6-7,9,11,15-16,22H,3-5,8,10,12H2,1-2H3.